The van der Waals surface area contributed by atoms with Gasteiger partial charge in [-0.15, -0.1) is 0 Å². The van der Waals surface area contributed by atoms with Crippen LogP contribution in [-0.4, -0.2) is 0 Å². The Morgan fingerprint density at radius 1 is 0.615 bits per heavy atom. The summed E-state index contributed by atoms with van der Waals surface area (Å²) in [7, 11) is 0. The van der Waals surface area contributed by atoms with Crippen LogP contribution in [-0.2, 0) is 18.6 Å². The van der Waals surface area contributed by atoms with E-state index in [1.807, 2.05) is 25.7 Å². The fourth-order valence-electron chi connectivity index (χ4n) is 0.940. The van der Waals surface area contributed by atoms with Crippen LogP contribution >= 0.6 is 0 Å². The third kappa shape index (κ3) is 6.63. The molecule has 0 amide bonds. The van der Waals surface area contributed by atoms with Crippen LogP contribution in [0.2, 0.25) is 0 Å². The normalized spacial score (nSPS) is 23.5. The van der Waals surface area contributed by atoms with Crippen LogP contribution in [0.5, 0.6) is 0 Å². The van der Waals surface area contributed by atoms with Crippen LogP contribution in [0.1, 0.15) is 13.8 Å². The van der Waals surface area contributed by atoms with Gasteiger partial charge in [0.05, 0.1) is 0 Å². The van der Waals surface area contributed by atoms with Gasteiger partial charge in [-0.1, -0.05) is 13.8 Å². The zero-order valence-corrected chi connectivity index (χ0v) is 9.46. The molecule has 0 aliphatic heterocycles. The minimum atomic E-state index is 0. The van der Waals surface area contributed by atoms with E-state index in [-0.39, 0.29) is 18.6 Å². The first-order valence-corrected chi connectivity index (χ1v) is 4.15. The molecule has 2 rings (SSSR count). The van der Waals surface area contributed by atoms with E-state index in [1.54, 1.807) is 0 Å². The summed E-state index contributed by atoms with van der Waals surface area (Å²) in [6, 6.07) is 0. The van der Waals surface area contributed by atoms with Gasteiger partial charge in [0.2, 0.25) is 0 Å². The molecule has 2 saturated carbocycles. The fourth-order valence-corrected chi connectivity index (χ4v) is 0.940. The zero-order valence-electron chi connectivity index (χ0n) is 8.07. The quantitative estimate of drug-likeness (QED) is 0.575. The molecule has 0 aromatic carbocycles. The second-order valence-corrected chi connectivity index (χ2v) is 2.92. The molecule has 11 radical (unpaired) electrons. The molecule has 0 unspecified atom stereocenters. The Balaban J connectivity index is 0.000000206. The minimum Gasteiger partial charge on any atom is -0.0585 e. The first kappa shape index (κ1) is 13.6. The van der Waals surface area contributed by atoms with E-state index in [9.17, 15) is 0 Å². The monoisotopic (exact) mass is 209 g/mol. The largest absolute Gasteiger partial charge is 2.00 e. The van der Waals surface area contributed by atoms with Crippen LogP contribution in [0.4, 0.5) is 0 Å². The molecule has 0 aromatic heterocycles. The van der Waals surface area contributed by atoms with Gasteiger partial charge in [-0.05, 0) is 63.2 Å². The van der Waals surface area contributed by atoms with Crippen molar-refractivity contribution in [3.05, 3.63) is 63.2 Å². The van der Waals surface area contributed by atoms with Gasteiger partial charge in [-0.25, -0.2) is 0 Å². The molecule has 0 saturated heterocycles. The van der Waals surface area contributed by atoms with Crippen molar-refractivity contribution in [1.29, 1.82) is 0 Å². The smallest absolute Gasteiger partial charge is 0.0585 e. The molecule has 2 fully saturated rings. The Hall–Kier alpha value is 0.584. The molecular weight excluding hydrogens is 195 g/mol. The predicted molar refractivity (Wildman–Crippen MR) is 52.2 cm³/mol. The topological polar surface area (TPSA) is 0 Å². The van der Waals surface area contributed by atoms with E-state index in [4.69, 9.17) is 0 Å². The van der Waals surface area contributed by atoms with E-state index in [0.717, 1.165) is 0 Å². The van der Waals surface area contributed by atoms with Crippen LogP contribution in [0, 0.1) is 63.2 Å². The van der Waals surface area contributed by atoms with E-state index < -0.39 is 0 Å². The van der Waals surface area contributed by atoms with Crippen molar-refractivity contribution in [3.8, 4) is 0 Å². The van der Waals surface area contributed by atoms with Crippen molar-refractivity contribution in [3.63, 3.8) is 0 Å². The maximum absolute atomic E-state index is 2.08. The maximum Gasteiger partial charge on any atom is 2.00 e. The molecule has 1 heteroatoms. The summed E-state index contributed by atoms with van der Waals surface area (Å²) in [5.41, 5.74) is 0. The average Bonchev–Trinajstić information content (AvgIpc) is 2.63. The minimum absolute atomic E-state index is 0. The molecular formula is C12H14V+2. The third-order valence-electron chi connectivity index (χ3n) is 1.66. The standard InChI is InChI=1S/2C6H7.V/c2*1-6-4-2-3-5-6;/h2*2-5H,1H3;/q;;+2. The second kappa shape index (κ2) is 7.94. The van der Waals surface area contributed by atoms with E-state index in [2.05, 4.69) is 39.5 Å². The average molecular weight is 209 g/mol. The van der Waals surface area contributed by atoms with E-state index in [1.165, 1.54) is 11.8 Å². The Kier molecular flexibility index (Phi) is 8.30. The molecule has 0 aromatic rings. The second-order valence-electron chi connectivity index (χ2n) is 2.92. The molecule has 13 heavy (non-hydrogen) atoms. The summed E-state index contributed by atoms with van der Waals surface area (Å²) in [6.07, 6.45) is 16.5. The van der Waals surface area contributed by atoms with Crippen LogP contribution in [0.25, 0.3) is 0 Å². The fraction of sp³-hybridized carbons (Fsp3) is 0.167. The van der Waals surface area contributed by atoms with Crippen molar-refractivity contribution in [2.24, 2.45) is 0 Å². The first-order chi connectivity index (χ1) is 5.79. The molecule has 0 atom stereocenters. The number of hydrogen-bond donors (Lipinski definition) is 0. The number of hydrogen-bond acceptors (Lipinski definition) is 0. The SMILES string of the molecule is C[C]1[CH][CH][CH][CH]1.C[C]1[CH][CH][CH][CH]1.[V+2]. The van der Waals surface area contributed by atoms with Crippen LogP contribution < -0.4 is 0 Å². The summed E-state index contributed by atoms with van der Waals surface area (Å²) >= 11 is 0. The third-order valence-corrected chi connectivity index (χ3v) is 1.66. The Labute approximate surface area is 95.8 Å². The van der Waals surface area contributed by atoms with Gasteiger partial charge in [-0.3, -0.25) is 0 Å². The molecule has 0 heterocycles. The maximum atomic E-state index is 2.08. The van der Waals surface area contributed by atoms with Crippen molar-refractivity contribution >= 4 is 0 Å². The number of rotatable bonds is 0. The summed E-state index contributed by atoms with van der Waals surface area (Å²) in [4.78, 5) is 0. The molecule has 0 bridgehead atoms. The molecule has 0 N–H and O–H groups in total. The van der Waals surface area contributed by atoms with Crippen molar-refractivity contribution in [2.75, 3.05) is 0 Å². The van der Waals surface area contributed by atoms with Crippen LogP contribution in [0.15, 0.2) is 0 Å². The van der Waals surface area contributed by atoms with Gasteiger partial charge < -0.3 is 0 Å². The van der Waals surface area contributed by atoms with Gasteiger partial charge >= 0.3 is 18.6 Å². The van der Waals surface area contributed by atoms with Crippen molar-refractivity contribution in [2.45, 2.75) is 13.8 Å². The molecule has 65 valence electrons. The van der Waals surface area contributed by atoms with Crippen LogP contribution in [0.3, 0.4) is 0 Å². The summed E-state index contributed by atoms with van der Waals surface area (Å²) < 4.78 is 0. The molecule has 2 aliphatic carbocycles. The van der Waals surface area contributed by atoms with E-state index >= 15 is 0 Å². The molecule has 2 aliphatic rings. The first-order valence-electron chi connectivity index (χ1n) is 4.15. The van der Waals surface area contributed by atoms with Gasteiger partial charge in [-0.2, -0.15) is 0 Å². The van der Waals surface area contributed by atoms with Gasteiger partial charge in [0, 0.05) is 0 Å². The Morgan fingerprint density at radius 2 is 0.846 bits per heavy atom. The van der Waals surface area contributed by atoms with Crippen molar-refractivity contribution in [1.82, 2.24) is 0 Å². The van der Waals surface area contributed by atoms with Gasteiger partial charge in [0.15, 0.2) is 0 Å². The molecule has 0 spiro atoms. The molecule has 0 nitrogen and oxygen atoms in total. The van der Waals surface area contributed by atoms with Gasteiger partial charge in [0.25, 0.3) is 0 Å². The van der Waals surface area contributed by atoms with E-state index in [0.29, 0.717) is 0 Å². The Bertz CT molecular complexity index is 85.7. The Morgan fingerprint density at radius 3 is 0.923 bits per heavy atom. The zero-order chi connectivity index (χ0) is 8.81. The predicted octanol–water partition coefficient (Wildman–Crippen LogP) is 2.82. The summed E-state index contributed by atoms with van der Waals surface area (Å²) in [5.74, 6) is 2.69. The summed E-state index contributed by atoms with van der Waals surface area (Å²) in [5, 5.41) is 0. The van der Waals surface area contributed by atoms with Gasteiger partial charge in [0.1, 0.15) is 0 Å². The van der Waals surface area contributed by atoms with Crippen molar-refractivity contribution < 1.29 is 18.6 Å². The summed E-state index contributed by atoms with van der Waals surface area (Å²) in [6.45, 7) is 4.17.